The predicted molar refractivity (Wildman–Crippen MR) is 277 cm³/mol. The molecule has 0 amide bonds. The van der Waals surface area contributed by atoms with E-state index in [-0.39, 0.29) is 48.6 Å². The summed E-state index contributed by atoms with van der Waals surface area (Å²) in [5.41, 5.74) is 15.3. The Labute approximate surface area is 420 Å². The monoisotopic (exact) mass is 961 g/mol. The maximum absolute atomic E-state index is 10.2. The van der Waals surface area contributed by atoms with Gasteiger partial charge in [0.1, 0.15) is 0 Å². The third-order valence-electron chi connectivity index (χ3n) is 17.8. The molecule has 0 unspecified atom stereocenters. The molecule has 8 aliphatic rings. The molecule has 12 atom stereocenters. The maximum Gasteiger partial charge on any atom is 0.0956 e. The number of aliphatic hydroxyl groups excluding tert-OH is 4. The van der Waals surface area contributed by atoms with E-state index in [1.165, 1.54) is 67.3 Å². The van der Waals surface area contributed by atoms with Gasteiger partial charge in [-0.25, -0.2) is 19.9 Å². The smallest absolute Gasteiger partial charge is 0.0956 e. The summed E-state index contributed by atoms with van der Waals surface area (Å²) in [4.78, 5) is 17.1. The van der Waals surface area contributed by atoms with Gasteiger partial charge in [0.05, 0.1) is 121 Å². The lowest BCUT2D eigenvalue weighted by Gasteiger charge is -2.24. The number of fused-ring (bicyclic) bond motifs is 12. The zero-order valence-electron chi connectivity index (χ0n) is 40.6. The molecule has 0 spiro atoms. The van der Waals surface area contributed by atoms with Gasteiger partial charge in [-0.05, 0) is 73.6 Å². The minimum Gasteiger partial charge on any atom is -0.393 e. The average molecular weight is 961 g/mol. The van der Waals surface area contributed by atoms with E-state index in [0.29, 0.717) is 23.7 Å². The van der Waals surface area contributed by atoms with Crippen molar-refractivity contribution in [3.63, 3.8) is 0 Å². The van der Waals surface area contributed by atoms with Gasteiger partial charge in [0.15, 0.2) is 0 Å². The van der Waals surface area contributed by atoms with Crippen LogP contribution in [0.3, 0.4) is 0 Å². The standard InChI is InChI=1S/4C15H16N2O/c4*18-14-7-3-6-12(14)15-11-5-2-1-4-10(11)13-8-16-9-17(13)15/h4*1-2,4-5,8-9,12,14-15,18H,3,6-7H2/t2*12-,14+,15-;2*12-,14-,15-/m1010/s1. The molecule has 12 heteroatoms. The van der Waals surface area contributed by atoms with Crippen LogP contribution in [0.5, 0.6) is 0 Å². The zero-order valence-corrected chi connectivity index (χ0v) is 40.6. The van der Waals surface area contributed by atoms with Gasteiger partial charge >= 0.3 is 0 Å². The van der Waals surface area contributed by atoms with E-state index in [1.54, 1.807) is 0 Å². The zero-order chi connectivity index (χ0) is 48.5. The van der Waals surface area contributed by atoms with Crippen LogP contribution >= 0.6 is 0 Å². The van der Waals surface area contributed by atoms with Gasteiger partial charge in [-0.1, -0.05) is 123 Å². The second kappa shape index (κ2) is 18.9. The molecule has 72 heavy (non-hydrogen) atoms. The van der Waals surface area contributed by atoms with Gasteiger partial charge in [-0.15, -0.1) is 0 Å². The fourth-order valence-electron chi connectivity index (χ4n) is 14.6. The average Bonchev–Trinajstić information content (AvgIpc) is 4.23. The summed E-state index contributed by atoms with van der Waals surface area (Å²) in [5, 5.41) is 40.8. The summed E-state index contributed by atoms with van der Waals surface area (Å²) in [7, 11) is 0. The van der Waals surface area contributed by atoms with E-state index in [1.807, 2.05) is 50.1 Å². The Morgan fingerprint density at radius 3 is 0.736 bits per heavy atom. The van der Waals surface area contributed by atoms with E-state index in [2.05, 4.69) is 135 Å². The van der Waals surface area contributed by atoms with Crippen LogP contribution < -0.4 is 0 Å². The molecule has 4 aromatic heterocycles. The number of rotatable bonds is 4. The summed E-state index contributed by atoms with van der Waals surface area (Å²) in [6.45, 7) is 0. The first-order valence-electron chi connectivity index (χ1n) is 26.6. The molecule has 0 saturated heterocycles. The van der Waals surface area contributed by atoms with Gasteiger partial charge in [0.2, 0.25) is 0 Å². The van der Waals surface area contributed by atoms with Crippen molar-refractivity contribution in [3.05, 3.63) is 169 Å². The van der Waals surface area contributed by atoms with Crippen molar-refractivity contribution >= 4 is 0 Å². The van der Waals surface area contributed by atoms with Crippen molar-refractivity contribution in [2.75, 3.05) is 0 Å². The normalized spacial score (nSPS) is 29.3. The van der Waals surface area contributed by atoms with Crippen LogP contribution in [0.2, 0.25) is 0 Å². The number of hydrogen-bond donors (Lipinski definition) is 4. The first kappa shape index (κ1) is 45.4. The molecule has 368 valence electrons. The molecule has 4 aromatic carbocycles. The number of imidazole rings is 4. The van der Waals surface area contributed by atoms with Crippen molar-refractivity contribution < 1.29 is 20.4 Å². The molecular formula is C60H64N8O4. The molecule has 4 fully saturated rings. The van der Waals surface area contributed by atoms with Crippen molar-refractivity contribution in [2.45, 2.75) is 126 Å². The van der Waals surface area contributed by atoms with E-state index in [4.69, 9.17) is 0 Å². The lowest BCUT2D eigenvalue weighted by atomic mass is 9.90. The van der Waals surface area contributed by atoms with Crippen molar-refractivity contribution in [1.82, 2.24) is 38.2 Å². The Morgan fingerprint density at radius 1 is 0.306 bits per heavy atom. The summed E-state index contributed by atoms with van der Waals surface area (Å²) >= 11 is 0. The first-order chi connectivity index (χ1) is 35.4. The van der Waals surface area contributed by atoms with Crippen LogP contribution in [-0.2, 0) is 0 Å². The van der Waals surface area contributed by atoms with Gasteiger partial charge in [0, 0.05) is 45.9 Å². The minimum absolute atomic E-state index is 0.170. The Morgan fingerprint density at radius 2 is 0.528 bits per heavy atom. The van der Waals surface area contributed by atoms with Gasteiger partial charge in [-0.3, -0.25) is 0 Å². The van der Waals surface area contributed by atoms with E-state index >= 15 is 0 Å². The number of aliphatic hydroxyl groups is 4. The summed E-state index contributed by atoms with van der Waals surface area (Å²) in [5.74, 6) is 1.34. The highest BCUT2D eigenvalue weighted by Crippen LogP contribution is 2.51. The highest BCUT2D eigenvalue weighted by Gasteiger charge is 2.43. The quantitative estimate of drug-likeness (QED) is 0.136. The van der Waals surface area contributed by atoms with Crippen molar-refractivity contribution in [1.29, 1.82) is 0 Å². The highest BCUT2D eigenvalue weighted by atomic mass is 16.3. The molecule has 4 N–H and O–H groups in total. The van der Waals surface area contributed by atoms with Gasteiger partial charge in [-0.2, -0.15) is 0 Å². The summed E-state index contributed by atoms with van der Waals surface area (Å²) < 4.78 is 8.96. The fraction of sp³-hybridized carbons (Fsp3) is 0.400. The third-order valence-corrected chi connectivity index (χ3v) is 17.8. The van der Waals surface area contributed by atoms with E-state index < -0.39 is 0 Å². The van der Waals surface area contributed by atoms with E-state index in [9.17, 15) is 20.4 Å². The topological polar surface area (TPSA) is 152 Å². The number of nitrogens with zero attached hydrogens (tertiary/aromatic N) is 8. The Hall–Kier alpha value is -6.44. The molecule has 0 radical (unpaired) electrons. The second-order valence-corrected chi connectivity index (χ2v) is 21.5. The Balaban J connectivity index is 0.0000000933. The molecule has 12 nitrogen and oxygen atoms in total. The molecule has 4 aliphatic heterocycles. The molecule has 4 saturated carbocycles. The van der Waals surface area contributed by atoms with Crippen molar-refractivity contribution in [2.24, 2.45) is 23.7 Å². The Kier molecular flexibility index (Phi) is 11.9. The van der Waals surface area contributed by atoms with Crippen LogP contribution in [0.15, 0.2) is 147 Å². The SMILES string of the molecule is O[C@@H]1CCC[C@@H]1[C@@H]1c2ccccc2-c2cncn21.O[C@@H]1CCC[C@H]1[C@H]1c2ccccc2-c2cncn21.O[C@H]1CCC[C@@H]1[C@@H]1c2ccccc2-c2cncn21.O[C@H]1CCC[C@H]1[C@H]1c2ccccc2-c2cncn21. The van der Waals surface area contributed by atoms with Crippen LogP contribution in [0.25, 0.3) is 45.0 Å². The van der Waals surface area contributed by atoms with Crippen LogP contribution in [0.1, 0.15) is 123 Å². The lowest BCUT2D eigenvalue weighted by Crippen LogP contribution is -2.24. The molecule has 8 aromatic rings. The molecule has 0 bridgehead atoms. The summed E-state index contributed by atoms with van der Waals surface area (Å²) in [6, 6.07) is 35.1. The van der Waals surface area contributed by atoms with Crippen LogP contribution in [0.4, 0.5) is 0 Å². The van der Waals surface area contributed by atoms with E-state index in [0.717, 1.165) is 77.0 Å². The molecule has 16 rings (SSSR count). The van der Waals surface area contributed by atoms with Gasteiger partial charge in [0.25, 0.3) is 0 Å². The Bertz CT molecular complexity index is 2780. The molecule has 8 heterocycles. The predicted octanol–water partition coefficient (Wildman–Crippen LogP) is 10.5. The number of hydrogen-bond acceptors (Lipinski definition) is 8. The summed E-state index contributed by atoms with van der Waals surface area (Å²) in [6.07, 6.45) is 27.4. The molecule has 4 aliphatic carbocycles. The van der Waals surface area contributed by atoms with Crippen molar-refractivity contribution in [3.8, 4) is 45.0 Å². The van der Waals surface area contributed by atoms with Crippen LogP contribution in [0, 0.1) is 23.7 Å². The highest BCUT2D eigenvalue weighted by molar-refractivity contribution is 5.72. The first-order valence-corrected chi connectivity index (χ1v) is 26.6. The maximum atomic E-state index is 10.2. The van der Waals surface area contributed by atoms with Crippen LogP contribution in [-0.4, -0.2) is 83.0 Å². The molecular weight excluding hydrogens is 897 g/mol. The third kappa shape index (κ3) is 7.55. The fourth-order valence-corrected chi connectivity index (χ4v) is 14.6. The van der Waals surface area contributed by atoms with Gasteiger partial charge < -0.3 is 38.7 Å². The lowest BCUT2D eigenvalue weighted by molar-refractivity contribution is 0.112. The minimum atomic E-state index is -0.170. The largest absolute Gasteiger partial charge is 0.393 e. The second-order valence-electron chi connectivity index (χ2n) is 21.5. The number of benzene rings is 4. The number of aromatic nitrogens is 8.